The molecule has 0 spiro atoms. The largest absolute Gasteiger partial charge is 0.456 e. The molecule has 2 rings (SSSR count). The van der Waals surface area contributed by atoms with Gasteiger partial charge in [0.05, 0.1) is 16.1 Å². The number of esters is 1. The molecule has 12 nitrogen and oxygen atoms in total. The highest BCUT2D eigenvalue weighted by Gasteiger charge is 2.29. The van der Waals surface area contributed by atoms with Gasteiger partial charge in [-0.25, -0.2) is 13.2 Å². The summed E-state index contributed by atoms with van der Waals surface area (Å²) in [5.74, 6) is -2.42. The van der Waals surface area contributed by atoms with Crippen LogP contribution in [0.5, 0.6) is 11.6 Å². The van der Waals surface area contributed by atoms with E-state index < -0.39 is 48.9 Å². The van der Waals surface area contributed by atoms with E-state index in [9.17, 15) is 28.6 Å². The highest BCUT2D eigenvalue weighted by atomic mass is 32.2. The summed E-state index contributed by atoms with van der Waals surface area (Å²) in [7, 11) is -3.96. The Balaban J connectivity index is 2.59. The summed E-state index contributed by atoms with van der Waals surface area (Å²) in [4.78, 5) is 29.8. The van der Waals surface area contributed by atoms with E-state index in [4.69, 9.17) is 15.2 Å². The van der Waals surface area contributed by atoms with E-state index in [0.717, 1.165) is 12.3 Å². The molecule has 0 bridgehead atoms. The van der Waals surface area contributed by atoms with Gasteiger partial charge >= 0.3 is 17.5 Å². The smallest absolute Gasteiger partial charge is 0.373 e. The predicted octanol–water partition coefficient (Wildman–Crippen LogP) is 1.99. The molecule has 2 aromatic rings. The molecule has 0 aliphatic carbocycles. The van der Waals surface area contributed by atoms with Crippen LogP contribution in [-0.2, 0) is 14.6 Å². The quantitative estimate of drug-likeness (QED) is 0.313. The zero-order valence-corrected chi connectivity index (χ0v) is 17.2. The fraction of sp³-hybridized carbons (Fsp3) is 0.294. The lowest BCUT2D eigenvalue weighted by Crippen LogP contribution is -2.24. The number of carbonyl (C=O) groups excluding carboxylic acids is 1. The van der Waals surface area contributed by atoms with E-state index in [0.29, 0.717) is 0 Å². The van der Waals surface area contributed by atoms with Gasteiger partial charge in [-0.15, -0.1) is 0 Å². The predicted molar refractivity (Wildman–Crippen MR) is 103 cm³/mol. The average molecular weight is 435 g/mol. The van der Waals surface area contributed by atoms with Gasteiger partial charge in [-0.2, -0.15) is 15.2 Å². The maximum Gasteiger partial charge on any atom is 0.373 e. The van der Waals surface area contributed by atoms with Crippen molar-refractivity contribution in [2.24, 2.45) is 0 Å². The molecule has 0 fully saturated rings. The molecular weight excluding hydrogens is 418 g/mol. The lowest BCUT2D eigenvalue weighted by Gasteiger charge is -2.20. The van der Waals surface area contributed by atoms with Crippen LogP contribution in [0.15, 0.2) is 23.4 Å². The van der Waals surface area contributed by atoms with Crippen molar-refractivity contribution < 1.29 is 27.6 Å². The molecule has 0 saturated heterocycles. The number of sulfone groups is 1. The number of ether oxygens (including phenoxy) is 2. The van der Waals surface area contributed by atoms with Crippen LogP contribution in [0, 0.1) is 21.4 Å². The second-order valence-electron chi connectivity index (χ2n) is 7.00. The second-order valence-corrected chi connectivity index (χ2v) is 8.91. The minimum Gasteiger partial charge on any atom is -0.456 e. The molecule has 0 aliphatic rings. The van der Waals surface area contributed by atoms with Crippen molar-refractivity contribution in [1.82, 2.24) is 9.97 Å². The van der Waals surface area contributed by atoms with Gasteiger partial charge in [-0.3, -0.25) is 10.1 Å². The number of rotatable bonds is 5. The Morgan fingerprint density at radius 1 is 1.30 bits per heavy atom. The Bertz CT molecular complexity index is 1180. The van der Waals surface area contributed by atoms with Gasteiger partial charge in [0, 0.05) is 6.26 Å². The lowest BCUT2D eigenvalue weighted by atomic mass is 10.1. The minimum absolute atomic E-state index is 0.0230. The van der Waals surface area contributed by atoms with Crippen LogP contribution in [0.2, 0.25) is 0 Å². The van der Waals surface area contributed by atoms with Gasteiger partial charge in [-0.05, 0) is 39.0 Å². The summed E-state index contributed by atoms with van der Waals surface area (Å²) < 4.78 is 34.0. The number of hydrogen-bond acceptors (Lipinski definition) is 11. The van der Waals surface area contributed by atoms with Crippen LogP contribution in [0.4, 0.5) is 11.5 Å². The molecule has 0 saturated carbocycles. The highest BCUT2D eigenvalue weighted by Crippen LogP contribution is 2.34. The zero-order chi connectivity index (χ0) is 22.9. The van der Waals surface area contributed by atoms with Gasteiger partial charge in [0.1, 0.15) is 17.4 Å². The Labute approximate surface area is 171 Å². The first-order chi connectivity index (χ1) is 13.7. The maximum atomic E-state index is 12.4. The molecule has 1 aromatic heterocycles. The van der Waals surface area contributed by atoms with E-state index >= 15 is 0 Å². The molecule has 0 amide bonds. The monoisotopic (exact) mass is 435 g/mol. The molecule has 158 valence electrons. The summed E-state index contributed by atoms with van der Waals surface area (Å²) in [6.07, 6.45) is 0.791. The van der Waals surface area contributed by atoms with E-state index in [1.54, 1.807) is 20.8 Å². The van der Waals surface area contributed by atoms with Gasteiger partial charge in [0.25, 0.3) is 5.16 Å². The van der Waals surface area contributed by atoms with E-state index in [1.807, 2.05) is 6.07 Å². The van der Waals surface area contributed by atoms with Crippen LogP contribution in [0.25, 0.3) is 0 Å². The third-order valence-corrected chi connectivity index (χ3v) is 4.16. The molecule has 1 aromatic carbocycles. The summed E-state index contributed by atoms with van der Waals surface area (Å²) in [6.45, 7) is 4.91. The van der Waals surface area contributed by atoms with Crippen LogP contribution >= 0.6 is 0 Å². The molecule has 0 atom stereocenters. The Morgan fingerprint density at radius 2 is 1.93 bits per heavy atom. The van der Waals surface area contributed by atoms with Crippen LogP contribution in [0.1, 0.15) is 36.7 Å². The number of nitro groups is 1. The first-order valence-corrected chi connectivity index (χ1v) is 10.1. The first kappa shape index (κ1) is 22.5. The minimum atomic E-state index is -3.96. The molecule has 0 radical (unpaired) electrons. The summed E-state index contributed by atoms with van der Waals surface area (Å²) in [6, 6.07) is 5.43. The highest BCUT2D eigenvalue weighted by molar-refractivity contribution is 7.90. The third-order valence-electron chi connectivity index (χ3n) is 3.32. The molecule has 30 heavy (non-hydrogen) atoms. The molecule has 2 N–H and O–H groups in total. The number of anilines is 1. The van der Waals surface area contributed by atoms with Crippen molar-refractivity contribution in [3.63, 3.8) is 0 Å². The van der Waals surface area contributed by atoms with Crippen molar-refractivity contribution in [1.29, 1.82) is 5.26 Å². The molecule has 0 aliphatic heterocycles. The Hall–Kier alpha value is -3.79. The number of benzene rings is 1. The summed E-state index contributed by atoms with van der Waals surface area (Å²) >= 11 is 0. The molecule has 1 heterocycles. The topological polar surface area (TPSA) is 188 Å². The van der Waals surface area contributed by atoms with Crippen LogP contribution < -0.4 is 10.5 Å². The average Bonchev–Trinajstić information content (AvgIpc) is 2.58. The lowest BCUT2D eigenvalue weighted by molar-refractivity contribution is -0.385. The van der Waals surface area contributed by atoms with Gasteiger partial charge in [0.2, 0.25) is 15.7 Å². The second kappa shape index (κ2) is 7.91. The SMILES string of the molecule is CC(C)(C)OC(=O)c1cc(Oc2nc(S(C)(=O)=O)nc(N)c2[N+](=O)[O-])ccc1C#N. The number of aromatic nitrogens is 2. The molecule has 0 unspecified atom stereocenters. The van der Waals surface area contributed by atoms with Gasteiger partial charge in [0.15, 0.2) is 0 Å². The van der Waals surface area contributed by atoms with E-state index in [-0.39, 0.29) is 16.9 Å². The fourth-order valence-corrected chi connectivity index (χ4v) is 2.65. The Kier molecular flexibility index (Phi) is 5.94. The van der Waals surface area contributed by atoms with Crippen molar-refractivity contribution >= 4 is 27.3 Å². The zero-order valence-electron chi connectivity index (χ0n) is 16.4. The normalized spacial score (nSPS) is 11.4. The standard InChI is InChI=1S/C17H17N5O7S/c1-17(2,3)29-15(23)11-7-10(6-5-9(11)8-18)28-14-12(22(24)25)13(19)20-16(21-14)30(4,26)27/h5-7H,1-4H3,(H2,19,20,21). The van der Waals surface area contributed by atoms with Crippen molar-refractivity contribution in [2.75, 3.05) is 12.0 Å². The maximum absolute atomic E-state index is 12.4. The number of nitrogens with zero attached hydrogens (tertiary/aromatic N) is 4. The van der Waals surface area contributed by atoms with Gasteiger partial charge < -0.3 is 15.2 Å². The molecular formula is C17H17N5O7S. The van der Waals surface area contributed by atoms with Crippen LogP contribution in [0.3, 0.4) is 0 Å². The van der Waals surface area contributed by atoms with E-state index in [2.05, 4.69) is 9.97 Å². The third kappa shape index (κ3) is 5.17. The van der Waals surface area contributed by atoms with Crippen molar-refractivity contribution in [3.8, 4) is 17.7 Å². The summed E-state index contributed by atoms with van der Waals surface area (Å²) in [5, 5.41) is 19.8. The van der Waals surface area contributed by atoms with Crippen molar-refractivity contribution in [3.05, 3.63) is 39.4 Å². The fourth-order valence-electron chi connectivity index (χ4n) is 2.14. The number of nitriles is 1. The first-order valence-electron chi connectivity index (χ1n) is 8.20. The number of carbonyl (C=O) groups is 1. The van der Waals surface area contributed by atoms with Crippen molar-refractivity contribution in [2.45, 2.75) is 31.5 Å². The number of nitrogens with two attached hydrogens (primary N) is 1. The van der Waals surface area contributed by atoms with Gasteiger partial charge in [-0.1, -0.05) is 0 Å². The number of hydrogen-bond donors (Lipinski definition) is 1. The summed E-state index contributed by atoms with van der Waals surface area (Å²) in [5.41, 5.74) is 3.64. The van der Waals surface area contributed by atoms with Crippen LogP contribution in [-0.4, -0.2) is 41.1 Å². The number of nitrogen functional groups attached to an aromatic ring is 1. The molecule has 13 heteroatoms. The van der Waals surface area contributed by atoms with E-state index in [1.165, 1.54) is 12.1 Å². The Morgan fingerprint density at radius 3 is 2.43 bits per heavy atom.